The molecule has 1 unspecified atom stereocenters. The minimum Gasteiger partial charge on any atom is -0.380 e. The summed E-state index contributed by atoms with van der Waals surface area (Å²) in [6.45, 7) is 4.79. The summed E-state index contributed by atoms with van der Waals surface area (Å²) >= 11 is 0. The Bertz CT molecular complexity index is 346. The molecule has 1 aromatic rings. The molecule has 0 aliphatic rings. The molecule has 0 fully saturated rings. The average molecular weight is 218 g/mol. The summed E-state index contributed by atoms with van der Waals surface area (Å²) in [7, 11) is 0. The van der Waals surface area contributed by atoms with Crippen LogP contribution >= 0.6 is 0 Å². The van der Waals surface area contributed by atoms with Gasteiger partial charge in [-0.25, -0.2) is 0 Å². The molecule has 1 atom stereocenters. The van der Waals surface area contributed by atoms with E-state index >= 15 is 0 Å². The standard InChI is InChI=1S/C14H18O2/c1-12(2)14(15)9-6-10-16-11-13-7-4-3-5-8-13/h3-5,7-8,12,14-15H,10-11H2,1-2H3. The van der Waals surface area contributed by atoms with E-state index in [1.807, 2.05) is 44.2 Å². The normalized spacial score (nSPS) is 12.0. The summed E-state index contributed by atoms with van der Waals surface area (Å²) in [5.74, 6) is 5.73. The second-order valence-corrected chi connectivity index (χ2v) is 3.99. The van der Waals surface area contributed by atoms with Gasteiger partial charge in [0.25, 0.3) is 0 Å². The maximum absolute atomic E-state index is 9.41. The van der Waals surface area contributed by atoms with Crippen molar-refractivity contribution in [3.63, 3.8) is 0 Å². The average Bonchev–Trinajstić information content (AvgIpc) is 2.29. The van der Waals surface area contributed by atoms with Gasteiger partial charge in [-0.1, -0.05) is 56.0 Å². The zero-order chi connectivity index (χ0) is 11.8. The highest BCUT2D eigenvalue weighted by atomic mass is 16.5. The Hall–Kier alpha value is -1.30. The van der Waals surface area contributed by atoms with Crippen molar-refractivity contribution in [2.75, 3.05) is 6.61 Å². The Morgan fingerprint density at radius 3 is 2.56 bits per heavy atom. The van der Waals surface area contributed by atoms with E-state index in [1.165, 1.54) is 0 Å². The third-order valence-corrected chi connectivity index (χ3v) is 2.17. The van der Waals surface area contributed by atoms with Crippen LogP contribution in [-0.2, 0) is 11.3 Å². The van der Waals surface area contributed by atoms with Crippen molar-refractivity contribution in [1.82, 2.24) is 0 Å². The van der Waals surface area contributed by atoms with Gasteiger partial charge in [-0.2, -0.15) is 0 Å². The van der Waals surface area contributed by atoms with Crippen LogP contribution in [0, 0.1) is 17.8 Å². The lowest BCUT2D eigenvalue weighted by molar-refractivity contribution is 0.151. The SMILES string of the molecule is CC(C)C(O)C#CCOCc1ccccc1. The molecule has 86 valence electrons. The van der Waals surface area contributed by atoms with Crippen LogP contribution in [0.15, 0.2) is 30.3 Å². The molecule has 0 amide bonds. The Labute approximate surface area is 97.3 Å². The van der Waals surface area contributed by atoms with Gasteiger partial charge in [0.1, 0.15) is 12.7 Å². The molecule has 0 aromatic heterocycles. The Morgan fingerprint density at radius 1 is 1.25 bits per heavy atom. The van der Waals surface area contributed by atoms with Gasteiger partial charge >= 0.3 is 0 Å². The van der Waals surface area contributed by atoms with Crippen molar-refractivity contribution < 1.29 is 9.84 Å². The highest BCUT2D eigenvalue weighted by Gasteiger charge is 2.02. The minimum atomic E-state index is -0.555. The molecule has 0 saturated heterocycles. The fourth-order valence-corrected chi connectivity index (χ4v) is 1.11. The first-order chi connectivity index (χ1) is 7.70. The molecule has 0 heterocycles. The molecule has 0 aliphatic carbocycles. The number of ether oxygens (including phenoxy) is 1. The first-order valence-corrected chi connectivity index (χ1v) is 5.48. The van der Waals surface area contributed by atoms with Crippen LogP contribution < -0.4 is 0 Å². The number of rotatable bonds is 4. The second kappa shape index (κ2) is 7.05. The Kier molecular flexibility index (Phi) is 5.63. The van der Waals surface area contributed by atoms with Crippen molar-refractivity contribution in [2.24, 2.45) is 5.92 Å². The molecule has 2 heteroatoms. The minimum absolute atomic E-state index is 0.168. The summed E-state index contributed by atoms with van der Waals surface area (Å²) < 4.78 is 5.37. The molecule has 0 spiro atoms. The lowest BCUT2D eigenvalue weighted by Crippen LogP contribution is -2.11. The molecule has 0 bridgehead atoms. The van der Waals surface area contributed by atoms with E-state index in [4.69, 9.17) is 4.74 Å². The van der Waals surface area contributed by atoms with Crippen LogP contribution in [-0.4, -0.2) is 17.8 Å². The zero-order valence-corrected chi connectivity index (χ0v) is 9.81. The van der Waals surface area contributed by atoms with E-state index < -0.39 is 6.10 Å². The van der Waals surface area contributed by atoms with Crippen LogP contribution in [0.4, 0.5) is 0 Å². The number of hydrogen-bond donors (Lipinski definition) is 1. The second-order valence-electron chi connectivity index (χ2n) is 3.99. The van der Waals surface area contributed by atoms with Gasteiger partial charge in [-0.15, -0.1) is 0 Å². The summed E-state index contributed by atoms with van der Waals surface area (Å²) in [4.78, 5) is 0. The van der Waals surface area contributed by atoms with E-state index in [0.29, 0.717) is 13.2 Å². The molecule has 2 nitrogen and oxygen atoms in total. The van der Waals surface area contributed by atoms with Gasteiger partial charge in [0.2, 0.25) is 0 Å². The Balaban J connectivity index is 2.22. The predicted octanol–water partition coefficient (Wildman–Crippen LogP) is 2.22. The van der Waals surface area contributed by atoms with Gasteiger partial charge in [0, 0.05) is 0 Å². The number of aliphatic hydroxyl groups is 1. The fourth-order valence-electron chi connectivity index (χ4n) is 1.11. The lowest BCUT2D eigenvalue weighted by Gasteiger charge is -2.05. The maximum atomic E-state index is 9.41. The topological polar surface area (TPSA) is 29.5 Å². The molecule has 1 rings (SSSR count). The van der Waals surface area contributed by atoms with E-state index in [2.05, 4.69) is 11.8 Å². The van der Waals surface area contributed by atoms with Crippen LogP contribution in [0.5, 0.6) is 0 Å². The van der Waals surface area contributed by atoms with Gasteiger partial charge in [0.15, 0.2) is 0 Å². The van der Waals surface area contributed by atoms with Gasteiger partial charge in [0.05, 0.1) is 6.61 Å². The van der Waals surface area contributed by atoms with E-state index in [0.717, 1.165) is 5.56 Å². The zero-order valence-electron chi connectivity index (χ0n) is 9.81. The van der Waals surface area contributed by atoms with E-state index in [1.54, 1.807) is 0 Å². The van der Waals surface area contributed by atoms with Crippen molar-refractivity contribution in [3.8, 4) is 11.8 Å². The fraction of sp³-hybridized carbons (Fsp3) is 0.429. The lowest BCUT2D eigenvalue weighted by atomic mass is 10.1. The maximum Gasteiger partial charge on any atom is 0.117 e. The van der Waals surface area contributed by atoms with E-state index in [-0.39, 0.29) is 5.92 Å². The highest BCUT2D eigenvalue weighted by Crippen LogP contribution is 2.00. The summed E-state index contributed by atoms with van der Waals surface area (Å²) in [6, 6.07) is 9.95. The summed E-state index contributed by atoms with van der Waals surface area (Å²) in [5.41, 5.74) is 1.13. The molecular formula is C14H18O2. The molecular weight excluding hydrogens is 200 g/mol. The van der Waals surface area contributed by atoms with Crippen LogP contribution in [0.25, 0.3) is 0 Å². The van der Waals surface area contributed by atoms with Crippen LogP contribution in [0.2, 0.25) is 0 Å². The third kappa shape index (κ3) is 4.97. The largest absolute Gasteiger partial charge is 0.380 e. The molecule has 0 saturated carbocycles. The smallest absolute Gasteiger partial charge is 0.117 e. The van der Waals surface area contributed by atoms with Crippen molar-refractivity contribution in [1.29, 1.82) is 0 Å². The molecule has 1 N–H and O–H groups in total. The molecule has 0 aliphatic heterocycles. The van der Waals surface area contributed by atoms with Crippen molar-refractivity contribution in [2.45, 2.75) is 26.6 Å². The first-order valence-electron chi connectivity index (χ1n) is 5.48. The highest BCUT2D eigenvalue weighted by molar-refractivity contribution is 5.13. The first kappa shape index (κ1) is 12.8. The number of aliphatic hydroxyl groups excluding tert-OH is 1. The van der Waals surface area contributed by atoms with E-state index in [9.17, 15) is 5.11 Å². The summed E-state index contributed by atoms with van der Waals surface area (Å²) in [6.07, 6.45) is -0.555. The predicted molar refractivity (Wildman–Crippen MR) is 64.7 cm³/mol. The van der Waals surface area contributed by atoms with Crippen LogP contribution in [0.3, 0.4) is 0 Å². The van der Waals surface area contributed by atoms with Crippen molar-refractivity contribution >= 4 is 0 Å². The molecule has 1 aromatic carbocycles. The summed E-state index contributed by atoms with van der Waals surface area (Å²) in [5, 5.41) is 9.41. The van der Waals surface area contributed by atoms with Crippen LogP contribution in [0.1, 0.15) is 19.4 Å². The van der Waals surface area contributed by atoms with Gasteiger partial charge < -0.3 is 9.84 Å². The molecule has 0 radical (unpaired) electrons. The van der Waals surface area contributed by atoms with Gasteiger partial charge in [-0.3, -0.25) is 0 Å². The Morgan fingerprint density at radius 2 is 1.94 bits per heavy atom. The molecule has 16 heavy (non-hydrogen) atoms. The monoisotopic (exact) mass is 218 g/mol. The number of benzene rings is 1. The quantitative estimate of drug-likeness (QED) is 0.620. The third-order valence-electron chi connectivity index (χ3n) is 2.17. The van der Waals surface area contributed by atoms with Gasteiger partial charge in [-0.05, 0) is 11.5 Å². The van der Waals surface area contributed by atoms with Crippen molar-refractivity contribution in [3.05, 3.63) is 35.9 Å². The number of hydrogen-bond acceptors (Lipinski definition) is 2.